The summed E-state index contributed by atoms with van der Waals surface area (Å²) in [6.45, 7) is 4.14. The lowest BCUT2D eigenvalue weighted by Gasteiger charge is -2.16. The van der Waals surface area contributed by atoms with Crippen LogP contribution in [0.3, 0.4) is 0 Å². The van der Waals surface area contributed by atoms with Crippen molar-refractivity contribution >= 4 is 22.4 Å². The van der Waals surface area contributed by atoms with E-state index in [1.54, 1.807) is 51.4 Å². The monoisotopic (exact) mass is 382 g/mol. The predicted octanol–water partition coefficient (Wildman–Crippen LogP) is 4.18. The van der Waals surface area contributed by atoms with Crippen LogP contribution in [0.2, 0.25) is 0 Å². The molecule has 0 fully saturated rings. The van der Waals surface area contributed by atoms with Gasteiger partial charge in [0.2, 0.25) is 0 Å². The summed E-state index contributed by atoms with van der Waals surface area (Å²) in [7, 11) is 0. The number of carbonyl (C=O) groups excluding carboxylic acids is 1. The van der Waals surface area contributed by atoms with Gasteiger partial charge in [-0.15, -0.1) is 17.9 Å². The topological polar surface area (TPSA) is 51.0 Å². The van der Waals surface area contributed by atoms with Gasteiger partial charge in [-0.1, -0.05) is 6.08 Å². The third kappa shape index (κ3) is 3.55. The van der Waals surface area contributed by atoms with E-state index < -0.39 is 0 Å². The van der Waals surface area contributed by atoms with Crippen LogP contribution in [-0.4, -0.2) is 27.2 Å². The van der Waals surface area contributed by atoms with Crippen LogP contribution >= 0.6 is 11.3 Å². The molecule has 1 aliphatic rings. The molecule has 1 aliphatic carbocycles. The largest absolute Gasteiger partial charge is 0.280 e. The number of thiazole rings is 1. The van der Waals surface area contributed by atoms with Crippen molar-refractivity contribution in [3.05, 3.63) is 71.3 Å². The first-order valence-corrected chi connectivity index (χ1v) is 9.70. The van der Waals surface area contributed by atoms with E-state index in [9.17, 15) is 9.18 Å². The molecule has 3 aromatic rings. The van der Waals surface area contributed by atoms with Gasteiger partial charge in [0, 0.05) is 17.6 Å². The highest BCUT2D eigenvalue weighted by atomic mass is 32.1. The molecule has 4 rings (SSSR count). The molecule has 0 saturated carbocycles. The van der Waals surface area contributed by atoms with E-state index in [0.717, 1.165) is 25.0 Å². The third-order valence-corrected chi connectivity index (χ3v) is 5.70. The van der Waals surface area contributed by atoms with Crippen LogP contribution in [0.4, 0.5) is 9.52 Å². The zero-order valence-corrected chi connectivity index (χ0v) is 15.6. The molecule has 0 bridgehead atoms. The number of nitrogens with zero attached hydrogens (tertiary/aromatic N) is 4. The molecular weight excluding hydrogens is 363 g/mol. The Morgan fingerprint density at radius 3 is 2.78 bits per heavy atom. The molecule has 0 N–H and O–H groups in total. The molecule has 138 valence electrons. The first kappa shape index (κ1) is 17.6. The molecule has 2 aromatic heterocycles. The molecular formula is C20H19FN4OS. The number of fused-ring (bicyclic) bond motifs is 1. The van der Waals surface area contributed by atoms with Gasteiger partial charge in [-0.25, -0.2) is 14.1 Å². The van der Waals surface area contributed by atoms with E-state index in [1.165, 1.54) is 23.4 Å². The van der Waals surface area contributed by atoms with Gasteiger partial charge in [0.15, 0.2) is 10.8 Å². The van der Waals surface area contributed by atoms with Gasteiger partial charge >= 0.3 is 0 Å². The summed E-state index contributed by atoms with van der Waals surface area (Å²) < 4.78 is 14.7. The van der Waals surface area contributed by atoms with Crippen LogP contribution in [0.1, 0.15) is 33.9 Å². The highest BCUT2D eigenvalue weighted by Gasteiger charge is 2.24. The van der Waals surface area contributed by atoms with Crippen molar-refractivity contribution in [2.75, 3.05) is 11.4 Å². The van der Waals surface area contributed by atoms with Gasteiger partial charge in [-0.3, -0.25) is 9.69 Å². The Kier molecular flexibility index (Phi) is 4.85. The molecule has 7 heteroatoms. The Hall–Kier alpha value is -2.80. The number of aryl methyl sites for hydroxylation is 2. The summed E-state index contributed by atoms with van der Waals surface area (Å²) in [6, 6.07) is 7.63. The lowest BCUT2D eigenvalue weighted by Crippen LogP contribution is -2.31. The fraction of sp³-hybridized carbons (Fsp3) is 0.250. The number of hydrogen-bond donors (Lipinski definition) is 0. The van der Waals surface area contributed by atoms with E-state index in [-0.39, 0.29) is 11.7 Å². The Bertz CT molecular complexity index is 953. The van der Waals surface area contributed by atoms with Crippen molar-refractivity contribution in [3.8, 4) is 5.69 Å². The SMILES string of the molecule is C=CCN(C(=O)c1ccn(-c2ccc(F)cc2)n1)c1nc2c(s1)CCCC2. The molecule has 0 aliphatic heterocycles. The number of anilines is 1. The standard InChI is InChI=1S/C20H19FN4OS/c1-2-12-24(20-22-16-5-3-4-6-18(16)27-20)19(26)17-11-13-25(23-17)15-9-7-14(21)8-10-15/h2,7-11,13H,1,3-6,12H2. The van der Waals surface area contributed by atoms with Crippen LogP contribution in [0, 0.1) is 5.82 Å². The summed E-state index contributed by atoms with van der Waals surface area (Å²) in [4.78, 5) is 20.6. The molecule has 0 radical (unpaired) electrons. The quantitative estimate of drug-likeness (QED) is 0.622. The number of aromatic nitrogens is 3. The first-order valence-electron chi connectivity index (χ1n) is 8.88. The van der Waals surface area contributed by atoms with Gasteiger partial charge in [-0.2, -0.15) is 5.10 Å². The highest BCUT2D eigenvalue weighted by molar-refractivity contribution is 7.16. The lowest BCUT2D eigenvalue weighted by molar-refractivity contribution is 0.0984. The zero-order valence-electron chi connectivity index (χ0n) is 14.8. The maximum atomic E-state index is 13.1. The van der Waals surface area contributed by atoms with Crippen LogP contribution in [-0.2, 0) is 12.8 Å². The first-order chi connectivity index (χ1) is 13.2. The minimum absolute atomic E-state index is 0.221. The van der Waals surface area contributed by atoms with Crippen LogP contribution < -0.4 is 4.90 Å². The van der Waals surface area contributed by atoms with Crippen LogP contribution in [0.5, 0.6) is 0 Å². The van der Waals surface area contributed by atoms with E-state index in [1.807, 2.05) is 0 Å². The average molecular weight is 382 g/mol. The van der Waals surface area contributed by atoms with E-state index in [4.69, 9.17) is 4.98 Å². The normalized spacial score (nSPS) is 13.2. The number of amides is 1. The molecule has 0 unspecified atom stereocenters. The second-order valence-electron chi connectivity index (χ2n) is 6.40. The van der Waals surface area contributed by atoms with Crippen molar-refractivity contribution < 1.29 is 9.18 Å². The van der Waals surface area contributed by atoms with Gasteiger partial charge < -0.3 is 0 Å². The number of benzene rings is 1. The average Bonchev–Trinajstić information content (AvgIpc) is 3.33. The second kappa shape index (κ2) is 7.44. The Labute approximate surface area is 160 Å². The Morgan fingerprint density at radius 2 is 2.04 bits per heavy atom. The molecule has 27 heavy (non-hydrogen) atoms. The molecule has 2 heterocycles. The number of hydrogen-bond acceptors (Lipinski definition) is 4. The molecule has 0 saturated heterocycles. The van der Waals surface area contributed by atoms with Gasteiger partial charge in [0.25, 0.3) is 5.91 Å². The number of halogens is 1. The summed E-state index contributed by atoms with van der Waals surface area (Å²) in [5.41, 5.74) is 2.12. The van der Waals surface area contributed by atoms with E-state index >= 15 is 0 Å². The second-order valence-corrected chi connectivity index (χ2v) is 7.46. The maximum Gasteiger partial charge on any atom is 0.280 e. The molecule has 0 spiro atoms. The lowest BCUT2D eigenvalue weighted by atomic mass is 10.0. The van der Waals surface area contributed by atoms with Crippen molar-refractivity contribution in [2.45, 2.75) is 25.7 Å². The minimum atomic E-state index is -0.313. The van der Waals surface area contributed by atoms with E-state index in [2.05, 4.69) is 11.7 Å². The van der Waals surface area contributed by atoms with Crippen molar-refractivity contribution in [2.24, 2.45) is 0 Å². The van der Waals surface area contributed by atoms with Gasteiger partial charge in [-0.05, 0) is 56.0 Å². The molecule has 5 nitrogen and oxygen atoms in total. The third-order valence-electron chi connectivity index (χ3n) is 4.52. The smallest absolute Gasteiger partial charge is 0.279 e. The summed E-state index contributed by atoms with van der Waals surface area (Å²) in [5, 5.41) is 5.06. The highest BCUT2D eigenvalue weighted by Crippen LogP contribution is 2.32. The number of rotatable bonds is 5. The molecule has 1 aromatic carbocycles. The van der Waals surface area contributed by atoms with Gasteiger partial charge in [0.05, 0.1) is 11.4 Å². The van der Waals surface area contributed by atoms with E-state index in [0.29, 0.717) is 23.1 Å². The number of carbonyl (C=O) groups is 1. The van der Waals surface area contributed by atoms with Crippen molar-refractivity contribution in [1.82, 2.24) is 14.8 Å². The predicted molar refractivity (Wildman–Crippen MR) is 104 cm³/mol. The van der Waals surface area contributed by atoms with Crippen molar-refractivity contribution in [3.63, 3.8) is 0 Å². The maximum absolute atomic E-state index is 13.1. The van der Waals surface area contributed by atoms with Crippen LogP contribution in [0.15, 0.2) is 49.2 Å². The Balaban J connectivity index is 1.62. The fourth-order valence-electron chi connectivity index (χ4n) is 3.14. The Morgan fingerprint density at radius 1 is 1.26 bits per heavy atom. The molecule has 0 atom stereocenters. The molecule has 1 amide bonds. The van der Waals surface area contributed by atoms with Gasteiger partial charge in [0.1, 0.15) is 5.82 Å². The van der Waals surface area contributed by atoms with Crippen molar-refractivity contribution in [1.29, 1.82) is 0 Å². The summed E-state index contributed by atoms with van der Waals surface area (Å²) in [6.07, 6.45) is 7.71. The van der Waals surface area contributed by atoms with Crippen LogP contribution in [0.25, 0.3) is 5.69 Å². The summed E-state index contributed by atoms with van der Waals surface area (Å²) in [5.74, 6) is -0.533. The summed E-state index contributed by atoms with van der Waals surface area (Å²) >= 11 is 1.58. The minimum Gasteiger partial charge on any atom is -0.279 e. The zero-order chi connectivity index (χ0) is 18.8. The fourth-order valence-corrected chi connectivity index (χ4v) is 4.30.